The first-order chi connectivity index (χ1) is 10.8. The number of amides is 1. The van der Waals surface area contributed by atoms with Crippen LogP contribution in [-0.2, 0) is 13.0 Å². The maximum atomic E-state index is 12.7. The summed E-state index contributed by atoms with van der Waals surface area (Å²) >= 11 is 0. The monoisotopic (exact) mass is 294 g/mol. The van der Waals surface area contributed by atoms with E-state index < -0.39 is 0 Å². The smallest absolute Gasteiger partial charge is 0.256 e. The number of nitrogens with zero attached hydrogens (tertiary/aromatic N) is 2. The summed E-state index contributed by atoms with van der Waals surface area (Å²) in [5.41, 5.74) is 4.21. The van der Waals surface area contributed by atoms with Crippen molar-refractivity contribution in [2.75, 3.05) is 7.11 Å². The van der Waals surface area contributed by atoms with E-state index in [0.29, 0.717) is 6.54 Å². The Hall–Kier alpha value is -2.36. The Morgan fingerprint density at radius 2 is 2.23 bits per heavy atom. The molecule has 0 N–H and O–H groups in total. The summed E-state index contributed by atoms with van der Waals surface area (Å²) in [6.45, 7) is 0.616. The van der Waals surface area contributed by atoms with Crippen molar-refractivity contribution < 1.29 is 9.53 Å². The van der Waals surface area contributed by atoms with Gasteiger partial charge in [-0.1, -0.05) is 6.07 Å². The maximum absolute atomic E-state index is 12.7. The Morgan fingerprint density at radius 3 is 3.05 bits per heavy atom. The van der Waals surface area contributed by atoms with Crippen LogP contribution in [0.15, 0.2) is 36.5 Å². The largest absolute Gasteiger partial charge is 0.497 e. The zero-order chi connectivity index (χ0) is 15.1. The Kier molecular flexibility index (Phi) is 3.10. The van der Waals surface area contributed by atoms with Crippen molar-refractivity contribution in [2.24, 2.45) is 0 Å². The molecular formula is C18H18N2O2. The van der Waals surface area contributed by atoms with Gasteiger partial charge in [-0.05, 0) is 54.7 Å². The van der Waals surface area contributed by atoms with Gasteiger partial charge in [0.25, 0.3) is 5.91 Å². The minimum Gasteiger partial charge on any atom is -0.497 e. The zero-order valence-electron chi connectivity index (χ0n) is 12.6. The number of rotatable bonds is 2. The minimum absolute atomic E-state index is 0.108. The third-order valence-corrected chi connectivity index (χ3v) is 4.71. The summed E-state index contributed by atoms with van der Waals surface area (Å²) in [5.74, 6) is 0.994. The summed E-state index contributed by atoms with van der Waals surface area (Å²) in [5, 5.41) is 0. The highest BCUT2D eigenvalue weighted by Crippen LogP contribution is 2.39. The summed E-state index contributed by atoms with van der Waals surface area (Å²) in [7, 11) is 1.69. The lowest BCUT2D eigenvalue weighted by molar-refractivity contribution is 0.0682. The highest BCUT2D eigenvalue weighted by molar-refractivity contribution is 5.98. The van der Waals surface area contributed by atoms with Crippen LogP contribution >= 0.6 is 0 Å². The third-order valence-electron chi connectivity index (χ3n) is 4.71. The average molecular weight is 294 g/mol. The Morgan fingerprint density at radius 1 is 1.32 bits per heavy atom. The molecule has 0 radical (unpaired) electrons. The molecule has 1 amide bonds. The van der Waals surface area contributed by atoms with Crippen molar-refractivity contribution in [2.45, 2.75) is 31.8 Å². The number of methoxy groups -OCH3 is 1. The van der Waals surface area contributed by atoms with Crippen LogP contribution in [-0.4, -0.2) is 22.9 Å². The lowest BCUT2D eigenvalue weighted by Crippen LogP contribution is -2.31. The van der Waals surface area contributed by atoms with Crippen molar-refractivity contribution >= 4 is 5.91 Å². The fraction of sp³-hybridized carbons (Fsp3) is 0.333. The van der Waals surface area contributed by atoms with Gasteiger partial charge < -0.3 is 9.64 Å². The molecule has 1 unspecified atom stereocenters. The molecule has 2 aliphatic rings. The van der Waals surface area contributed by atoms with E-state index >= 15 is 0 Å². The van der Waals surface area contributed by atoms with E-state index in [1.54, 1.807) is 13.3 Å². The van der Waals surface area contributed by atoms with E-state index in [-0.39, 0.29) is 11.9 Å². The molecule has 4 nitrogen and oxygen atoms in total. The first-order valence-electron chi connectivity index (χ1n) is 7.69. The predicted molar refractivity (Wildman–Crippen MR) is 82.8 cm³/mol. The van der Waals surface area contributed by atoms with Gasteiger partial charge in [-0.3, -0.25) is 9.78 Å². The number of hydrogen-bond donors (Lipinski definition) is 0. The zero-order valence-corrected chi connectivity index (χ0v) is 12.6. The van der Waals surface area contributed by atoms with Gasteiger partial charge in [0.15, 0.2) is 0 Å². The number of pyridine rings is 1. The van der Waals surface area contributed by atoms with E-state index in [1.165, 1.54) is 11.1 Å². The van der Waals surface area contributed by atoms with Crippen LogP contribution in [0.2, 0.25) is 0 Å². The Bertz CT molecular complexity index is 742. The molecule has 1 aliphatic carbocycles. The van der Waals surface area contributed by atoms with E-state index in [9.17, 15) is 4.79 Å². The average Bonchev–Trinajstić information content (AvgIpc) is 2.91. The molecule has 22 heavy (non-hydrogen) atoms. The van der Waals surface area contributed by atoms with Gasteiger partial charge in [0.2, 0.25) is 0 Å². The van der Waals surface area contributed by atoms with Crippen LogP contribution in [0.3, 0.4) is 0 Å². The first-order valence-corrected chi connectivity index (χ1v) is 7.69. The van der Waals surface area contributed by atoms with Crippen LogP contribution in [0.4, 0.5) is 0 Å². The van der Waals surface area contributed by atoms with Crippen molar-refractivity contribution in [3.63, 3.8) is 0 Å². The van der Waals surface area contributed by atoms with Gasteiger partial charge in [0.05, 0.1) is 31.0 Å². The highest BCUT2D eigenvalue weighted by atomic mass is 16.5. The number of aromatic nitrogens is 1. The molecule has 112 valence electrons. The molecule has 0 bridgehead atoms. The molecule has 1 atom stereocenters. The number of fused-ring (bicyclic) bond motifs is 2. The van der Waals surface area contributed by atoms with E-state index in [2.05, 4.69) is 17.1 Å². The molecule has 1 aliphatic heterocycles. The first kappa shape index (κ1) is 13.3. The number of hydrogen-bond acceptors (Lipinski definition) is 3. The molecule has 1 aromatic heterocycles. The predicted octanol–water partition coefficient (Wildman–Crippen LogP) is 3.12. The molecule has 4 rings (SSSR count). The molecule has 2 heterocycles. The Balaban J connectivity index is 1.70. The van der Waals surface area contributed by atoms with Crippen molar-refractivity contribution in [1.29, 1.82) is 0 Å². The summed E-state index contributed by atoms with van der Waals surface area (Å²) in [6.07, 6.45) is 4.92. The number of benzene rings is 1. The fourth-order valence-electron chi connectivity index (χ4n) is 3.61. The Labute approximate surface area is 129 Å². The second kappa shape index (κ2) is 5.13. The van der Waals surface area contributed by atoms with Gasteiger partial charge in [-0.2, -0.15) is 0 Å². The second-order valence-corrected chi connectivity index (χ2v) is 5.90. The molecule has 4 heteroatoms. The summed E-state index contributed by atoms with van der Waals surface area (Å²) in [6, 6.07) is 10.1. The number of aryl methyl sites for hydroxylation is 1. The van der Waals surface area contributed by atoms with Crippen LogP contribution < -0.4 is 4.74 Å². The standard InChI is InChI=1S/C18H18N2O2/c1-22-13-7-8-14-12(10-13)4-2-6-17(14)20-11-16-15(18(20)21)5-3-9-19-16/h3,5,7-10,17H,2,4,6,11H2,1H3. The van der Waals surface area contributed by atoms with Gasteiger partial charge in [-0.25, -0.2) is 0 Å². The van der Waals surface area contributed by atoms with Gasteiger partial charge in [-0.15, -0.1) is 0 Å². The van der Waals surface area contributed by atoms with Crippen molar-refractivity contribution in [1.82, 2.24) is 9.88 Å². The van der Waals surface area contributed by atoms with E-state index in [0.717, 1.165) is 36.3 Å². The minimum atomic E-state index is 0.108. The molecular weight excluding hydrogens is 276 g/mol. The summed E-state index contributed by atoms with van der Waals surface area (Å²) in [4.78, 5) is 19.0. The van der Waals surface area contributed by atoms with Crippen molar-refractivity contribution in [3.05, 3.63) is 58.9 Å². The topological polar surface area (TPSA) is 42.4 Å². The van der Waals surface area contributed by atoms with Crippen LogP contribution in [0.1, 0.15) is 46.1 Å². The third kappa shape index (κ3) is 1.98. The molecule has 0 spiro atoms. The molecule has 1 aromatic carbocycles. The quantitative estimate of drug-likeness (QED) is 0.854. The van der Waals surface area contributed by atoms with E-state index in [1.807, 2.05) is 23.1 Å². The van der Waals surface area contributed by atoms with Gasteiger partial charge in [0, 0.05) is 6.20 Å². The van der Waals surface area contributed by atoms with Gasteiger partial charge in [0.1, 0.15) is 5.75 Å². The normalized spacial score (nSPS) is 19.8. The maximum Gasteiger partial charge on any atom is 0.256 e. The molecule has 0 saturated carbocycles. The lowest BCUT2D eigenvalue weighted by Gasteiger charge is -2.33. The second-order valence-electron chi connectivity index (χ2n) is 5.90. The van der Waals surface area contributed by atoms with Crippen LogP contribution in [0.5, 0.6) is 5.75 Å². The fourth-order valence-corrected chi connectivity index (χ4v) is 3.61. The van der Waals surface area contributed by atoms with Crippen LogP contribution in [0.25, 0.3) is 0 Å². The molecule has 0 fully saturated rings. The number of carbonyl (C=O) groups is 1. The van der Waals surface area contributed by atoms with E-state index in [4.69, 9.17) is 4.74 Å². The van der Waals surface area contributed by atoms with Crippen LogP contribution in [0, 0.1) is 0 Å². The number of ether oxygens (including phenoxy) is 1. The van der Waals surface area contributed by atoms with Gasteiger partial charge >= 0.3 is 0 Å². The SMILES string of the molecule is COc1ccc2c(c1)CCCC2N1Cc2ncccc2C1=O. The van der Waals surface area contributed by atoms with Crippen molar-refractivity contribution in [3.8, 4) is 5.75 Å². The highest BCUT2D eigenvalue weighted by Gasteiger charge is 2.36. The number of carbonyl (C=O) groups excluding carboxylic acids is 1. The lowest BCUT2D eigenvalue weighted by atomic mass is 9.86. The summed E-state index contributed by atoms with van der Waals surface area (Å²) < 4.78 is 5.32. The molecule has 2 aromatic rings. The molecule has 0 saturated heterocycles.